The third-order valence-corrected chi connectivity index (χ3v) is 3.60. The lowest BCUT2D eigenvalue weighted by atomic mass is 9.90. The molecule has 1 atom stereocenters. The lowest BCUT2D eigenvalue weighted by Gasteiger charge is -2.24. The van der Waals surface area contributed by atoms with Crippen LogP contribution < -0.4 is 11.3 Å². The topological polar surface area (TPSA) is 38.0 Å². The van der Waals surface area contributed by atoms with E-state index >= 15 is 0 Å². The summed E-state index contributed by atoms with van der Waals surface area (Å²) in [7, 11) is 0. The van der Waals surface area contributed by atoms with Gasteiger partial charge in [0.2, 0.25) is 0 Å². The van der Waals surface area contributed by atoms with Crippen molar-refractivity contribution < 1.29 is 4.39 Å². The van der Waals surface area contributed by atoms with E-state index in [1.807, 2.05) is 0 Å². The third-order valence-electron chi connectivity index (χ3n) is 3.30. The van der Waals surface area contributed by atoms with Crippen molar-refractivity contribution in [1.29, 1.82) is 0 Å². The van der Waals surface area contributed by atoms with Gasteiger partial charge in [0.05, 0.1) is 5.02 Å². The molecule has 0 aliphatic rings. The molecule has 0 fully saturated rings. The number of nitrogens with one attached hydrogen (secondary N) is 1. The first-order chi connectivity index (χ1) is 8.13. The van der Waals surface area contributed by atoms with Gasteiger partial charge < -0.3 is 0 Å². The van der Waals surface area contributed by atoms with Gasteiger partial charge in [-0.05, 0) is 24.0 Å². The first-order valence-electron chi connectivity index (χ1n) is 6.03. The molecule has 0 radical (unpaired) electrons. The Kier molecular flexibility index (Phi) is 5.89. The highest BCUT2D eigenvalue weighted by molar-refractivity contribution is 6.30. The van der Waals surface area contributed by atoms with Gasteiger partial charge in [0.25, 0.3) is 0 Å². The molecular weight excluding hydrogens is 239 g/mol. The minimum absolute atomic E-state index is 0.0815. The van der Waals surface area contributed by atoms with E-state index in [9.17, 15) is 4.39 Å². The van der Waals surface area contributed by atoms with Crippen molar-refractivity contribution in [2.75, 3.05) is 0 Å². The molecule has 0 spiro atoms. The van der Waals surface area contributed by atoms with Crippen molar-refractivity contribution in [3.8, 4) is 0 Å². The van der Waals surface area contributed by atoms with Gasteiger partial charge in [-0.25, -0.2) is 4.39 Å². The van der Waals surface area contributed by atoms with Crippen LogP contribution >= 0.6 is 11.6 Å². The van der Waals surface area contributed by atoms with Gasteiger partial charge in [-0.3, -0.25) is 11.3 Å². The zero-order valence-electron chi connectivity index (χ0n) is 10.3. The third kappa shape index (κ3) is 3.66. The molecule has 2 nitrogen and oxygen atoms in total. The maximum atomic E-state index is 13.8. The summed E-state index contributed by atoms with van der Waals surface area (Å²) in [6.07, 6.45) is 2.61. The number of benzene rings is 1. The molecule has 17 heavy (non-hydrogen) atoms. The Morgan fingerprint density at radius 2 is 2.00 bits per heavy atom. The molecular formula is C13H20ClFN2. The van der Waals surface area contributed by atoms with Gasteiger partial charge in [-0.1, -0.05) is 50.4 Å². The molecule has 96 valence electrons. The number of hydrogen-bond donors (Lipinski definition) is 2. The Labute approximate surface area is 107 Å². The predicted molar refractivity (Wildman–Crippen MR) is 70.3 cm³/mol. The first kappa shape index (κ1) is 14.4. The van der Waals surface area contributed by atoms with E-state index in [0.717, 1.165) is 12.8 Å². The molecule has 0 amide bonds. The van der Waals surface area contributed by atoms with E-state index in [4.69, 9.17) is 17.4 Å². The monoisotopic (exact) mass is 258 g/mol. The SMILES string of the molecule is CCC(CC)C(Cc1cccc(Cl)c1F)NN. The fourth-order valence-corrected chi connectivity index (χ4v) is 2.36. The van der Waals surface area contributed by atoms with Crippen LogP contribution in [0.3, 0.4) is 0 Å². The number of rotatable bonds is 6. The fraction of sp³-hybridized carbons (Fsp3) is 0.538. The largest absolute Gasteiger partial charge is 0.271 e. The van der Waals surface area contributed by atoms with Crippen LogP contribution in [0.5, 0.6) is 0 Å². The molecule has 0 aliphatic carbocycles. The lowest BCUT2D eigenvalue weighted by Crippen LogP contribution is -2.42. The van der Waals surface area contributed by atoms with E-state index in [-0.39, 0.29) is 16.9 Å². The van der Waals surface area contributed by atoms with Crippen LogP contribution in [0.15, 0.2) is 18.2 Å². The zero-order valence-corrected chi connectivity index (χ0v) is 11.1. The average molecular weight is 259 g/mol. The van der Waals surface area contributed by atoms with Crippen LogP contribution in [0.4, 0.5) is 4.39 Å². The molecule has 4 heteroatoms. The molecule has 1 rings (SSSR count). The second-order valence-electron chi connectivity index (χ2n) is 4.27. The molecule has 1 aromatic carbocycles. The van der Waals surface area contributed by atoms with Crippen molar-refractivity contribution in [2.45, 2.75) is 39.2 Å². The van der Waals surface area contributed by atoms with Crippen molar-refractivity contribution in [2.24, 2.45) is 11.8 Å². The molecule has 0 heterocycles. The Morgan fingerprint density at radius 3 is 2.53 bits per heavy atom. The summed E-state index contributed by atoms with van der Waals surface area (Å²) < 4.78 is 13.8. The van der Waals surface area contributed by atoms with Crippen LogP contribution in [-0.4, -0.2) is 6.04 Å². The average Bonchev–Trinajstić information content (AvgIpc) is 2.34. The van der Waals surface area contributed by atoms with E-state index in [0.29, 0.717) is 17.9 Å². The van der Waals surface area contributed by atoms with E-state index < -0.39 is 0 Å². The summed E-state index contributed by atoms with van der Waals surface area (Å²) in [5.41, 5.74) is 3.41. The Hall–Kier alpha value is -0.640. The van der Waals surface area contributed by atoms with Crippen LogP contribution in [0, 0.1) is 11.7 Å². The van der Waals surface area contributed by atoms with Crippen LogP contribution in [0.2, 0.25) is 5.02 Å². The van der Waals surface area contributed by atoms with Crippen LogP contribution in [-0.2, 0) is 6.42 Å². The maximum Gasteiger partial charge on any atom is 0.145 e. The molecule has 0 aliphatic heterocycles. The second kappa shape index (κ2) is 6.94. The molecule has 3 N–H and O–H groups in total. The summed E-state index contributed by atoms with van der Waals surface area (Å²) in [6, 6.07) is 5.16. The van der Waals surface area contributed by atoms with Crippen molar-refractivity contribution >= 4 is 11.6 Å². The van der Waals surface area contributed by atoms with E-state index in [2.05, 4.69) is 19.3 Å². The Morgan fingerprint density at radius 1 is 1.35 bits per heavy atom. The second-order valence-corrected chi connectivity index (χ2v) is 4.67. The van der Waals surface area contributed by atoms with Gasteiger partial charge in [-0.15, -0.1) is 0 Å². The standard InChI is InChI=1S/C13H20ClFN2/c1-3-9(4-2)12(17-16)8-10-6-5-7-11(14)13(10)15/h5-7,9,12,17H,3-4,8,16H2,1-2H3. The summed E-state index contributed by atoms with van der Waals surface area (Å²) in [6.45, 7) is 4.24. The highest BCUT2D eigenvalue weighted by Crippen LogP contribution is 2.22. The molecule has 1 aromatic rings. The quantitative estimate of drug-likeness (QED) is 0.607. The minimum atomic E-state index is -0.333. The van der Waals surface area contributed by atoms with Gasteiger partial charge in [0.15, 0.2) is 0 Å². The summed E-state index contributed by atoms with van der Waals surface area (Å²) in [5, 5.41) is 0.169. The summed E-state index contributed by atoms with van der Waals surface area (Å²) >= 11 is 5.76. The number of halogens is 2. The molecule has 0 aromatic heterocycles. The Bertz CT molecular complexity index is 353. The van der Waals surface area contributed by atoms with Crippen molar-refractivity contribution in [1.82, 2.24) is 5.43 Å². The number of nitrogens with two attached hydrogens (primary N) is 1. The summed E-state index contributed by atoms with van der Waals surface area (Å²) in [5.74, 6) is 5.67. The van der Waals surface area contributed by atoms with Gasteiger partial charge >= 0.3 is 0 Å². The van der Waals surface area contributed by atoms with Gasteiger partial charge in [0.1, 0.15) is 5.82 Å². The highest BCUT2D eigenvalue weighted by atomic mass is 35.5. The van der Waals surface area contributed by atoms with Crippen molar-refractivity contribution in [3.63, 3.8) is 0 Å². The Balaban J connectivity index is 2.83. The lowest BCUT2D eigenvalue weighted by molar-refractivity contribution is 0.333. The minimum Gasteiger partial charge on any atom is -0.271 e. The smallest absolute Gasteiger partial charge is 0.145 e. The molecule has 0 bridgehead atoms. The fourth-order valence-electron chi connectivity index (χ4n) is 2.16. The molecule has 0 saturated carbocycles. The number of hydrazine groups is 1. The van der Waals surface area contributed by atoms with Crippen molar-refractivity contribution in [3.05, 3.63) is 34.6 Å². The van der Waals surface area contributed by atoms with Crippen LogP contribution in [0.25, 0.3) is 0 Å². The normalized spacial score (nSPS) is 13.1. The van der Waals surface area contributed by atoms with Gasteiger partial charge in [-0.2, -0.15) is 0 Å². The highest BCUT2D eigenvalue weighted by Gasteiger charge is 2.19. The zero-order chi connectivity index (χ0) is 12.8. The number of hydrogen-bond acceptors (Lipinski definition) is 2. The summed E-state index contributed by atoms with van der Waals surface area (Å²) in [4.78, 5) is 0. The predicted octanol–water partition coefficient (Wildman–Crippen LogP) is 3.29. The van der Waals surface area contributed by atoms with E-state index in [1.54, 1.807) is 18.2 Å². The molecule has 0 saturated heterocycles. The first-order valence-corrected chi connectivity index (χ1v) is 6.40. The van der Waals surface area contributed by atoms with Gasteiger partial charge in [0, 0.05) is 6.04 Å². The van der Waals surface area contributed by atoms with E-state index in [1.165, 1.54) is 0 Å². The molecule has 1 unspecified atom stereocenters. The maximum absolute atomic E-state index is 13.8. The van der Waals surface area contributed by atoms with Crippen LogP contribution in [0.1, 0.15) is 32.3 Å².